The molecule has 0 N–H and O–H groups in total. The second-order valence-corrected chi connectivity index (χ2v) is 7.61. The SMILES string of the molecule is CC(C)(C)OC(=O)c1nc2cc3c(cc2nc1CBr)OC(C)(C)O3. The minimum Gasteiger partial charge on any atom is -0.455 e. The summed E-state index contributed by atoms with van der Waals surface area (Å²) >= 11 is 3.36. The van der Waals surface area contributed by atoms with E-state index >= 15 is 0 Å². The van der Waals surface area contributed by atoms with Crippen molar-refractivity contribution in [2.75, 3.05) is 0 Å². The minimum absolute atomic E-state index is 0.201. The molecule has 1 aromatic carbocycles. The Morgan fingerprint density at radius 1 is 1.17 bits per heavy atom. The van der Waals surface area contributed by atoms with Crippen LogP contribution in [0.4, 0.5) is 0 Å². The van der Waals surface area contributed by atoms with Gasteiger partial charge in [-0.1, -0.05) is 15.9 Å². The second kappa shape index (κ2) is 5.58. The topological polar surface area (TPSA) is 70.5 Å². The first-order chi connectivity index (χ1) is 11.1. The Kier molecular flexibility index (Phi) is 3.94. The van der Waals surface area contributed by atoms with E-state index in [2.05, 4.69) is 25.9 Å². The monoisotopic (exact) mass is 394 g/mol. The number of esters is 1. The van der Waals surface area contributed by atoms with Crippen LogP contribution in [0, 0.1) is 0 Å². The zero-order chi connectivity index (χ0) is 17.7. The Hall–Kier alpha value is -1.89. The molecule has 2 heterocycles. The van der Waals surface area contributed by atoms with Gasteiger partial charge >= 0.3 is 5.97 Å². The number of nitrogens with zero attached hydrogens (tertiary/aromatic N) is 2. The molecule has 7 heteroatoms. The highest BCUT2D eigenvalue weighted by molar-refractivity contribution is 9.08. The lowest BCUT2D eigenvalue weighted by molar-refractivity contribution is -0.0431. The van der Waals surface area contributed by atoms with Crippen LogP contribution in [0.2, 0.25) is 0 Å². The van der Waals surface area contributed by atoms with Crippen LogP contribution >= 0.6 is 15.9 Å². The molecular formula is C17H19BrN2O4. The third-order valence-electron chi connectivity index (χ3n) is 3.23. The molecule has 1 aliphatic heterocycles. The molecule has 24 heavy (non-hydrogen) atoms. The van der Waals surface area contributed by atoms with Gasteiger partial charge in [-0.3, -0.25) is 0 Å². The Morgan fingerprint density at radius 3 is 2.21 bits per heavy atom. The molecule has 1 aliphatic rings. The third-order valence-corrected chi connectivity index (χ3v) is 3.76. The Labute approximate surface area is 148 Å². The van der Waals surface area contributed by atoms with Gasteiger partial charge in [-0.25, -0.2) is 14.8 Å². The molecule has 128 valence electrons. The van der Waals surface area contributed by atoms with E-state index in [1.165, 1.54) is 0 Å². The van der Waals surface area contributed by atoms with Crippen LogP contribution in [0.15, 0.2) is 12.1 Å². The van der Waals surface area contributed by atoms with Crippen molar-refractivity contribution < 1.29 is 19.0 Å². The smallest absolute Gasteiger partial charge is 0.359 e. The van der Waals surface area contributed by atoms with Gasteiger partial charge in [0.2, 0.25) is 5.79 Å². The lowest BCUT2D eigenvalue weighted by atomic mass is 10.2. The number of hydrogen-bond donors (Lipinski definition) is 0. The van der Waals surface area contributed by atoms with Crippen molar-refractivity contribution in [3.8, 4) is 11.5 Å². The van der Waals surface area contributed by atoms with E-state index in [0.29, 0.717) is 33.6 Å². The third kappa shape index (κ3) is 3.31. The molecule has 0 bridgehead atoms. The Balaban J connectivity index is 2.09. The summed E-state index contributed by atoms with van der Waals surface area (Å²) in [6.07, 6.45) is 0. The van der Waals surface area contributed by atoms with E-state index in [9.17, 15) is 4.79 Å². The summed E-state index contributed by atoms with van der Waals surface area (Å²) in [6, 6.07) is 3.51. The van der Waals surface area contributed by atoms with Crippen molar-refractivity contribution in [3.05, 3.63) is 23.5 Å². The first-order valence-electron chi connectivity index (χ1n) is 7.60. The maximum Gasteiger partial charge on any atom is 0.359 e. The largest absolute Gasteiger partial charge is 0.455 e. The molecule has 2 aromatic rings. The average molecular weight is 395 g/mol. The molecule has 0 spiro atoms. The number of ether oxygens (including phenoxy) is 3. The quantitative estimate of drug-likeness (QED) is 0.566. The maximum atomic E-state index is 12.4. The highest BCUT2D eigenvalue weighted by atomic mass is 79.9. The number of halogens is 1. The molecule has 0 fully saturated rings. The summed E-state index contributed by atoms with van der Waals surface area (Å²) < 4.78 is 16.9. The lowest BCUT2D eigenvalue weighted by Gasteiger charge is -2.19. The van der Waals surface area contributed by atoms with Crippen LogP contribution in [0.25, 0.3) is 11.0 Å². The summed E-state index contributed by atoms with van der Waals surface area (Å²) in [7, 11) is 0. The predicted molar refractivity (Wildman–Crippen MR) is 92.7 cm³/mol. The maximum absolute atomic E-state index is 12.4. The van der Waals surface area contributed by atoms with Crippen molar-refractivity contribution in [1.29, 1.82) is 0 Å². The molecule has 0 radical (unpaired) electrons. The zero-order valence-electron chi connectivity index (χ0n) is 14.3. The number of alkyl halides is 1. The van der Waals surface area contributed by atoms with Crippen molar-refractivity contribution in [2.24, 2.45) is 0 Å². The van der Waals surface area contributed by atoms with Gasteiger partial charge < -0.3 is 14.2 Å². The fourth-order valence-electron chi connectivity index (χ4n) is 2.39. The number of carbonyl (C=O) groups is 1. The molecule has 0 aliphatic carbocycles. The number of fused-ring (bicyclic) bond motifs is 2. The summed E-state index contributed by atoms with van der Waals surface area (Å²) in [4.78, 5) is 21.4. The summed E-state index contributed by atoms with van der Waals surface area (Å²) in [5.41, 5.74) is 1.32. The summed E-state index contributed by atoms with van der Waals surface area (Å²) in [6.45, 7) is 9.09. The van der Waals surface area contributed by atoms with Crippen LogP contribution in [0.1, 0.15) is 50.8 Å². The fraction of sp³-hybridized carbons (Fsp3) is 0.471. The number of carbonyl (C=O) groups excluding carboxylic acids is 1. The molecule has 0 amide bonds. The minimum atomic E-state index is -0.730. The molecule has 0 saturated heterocycles. The highest BCUT2D eigenvalue weighted by Gasteiger charge is 2.32. The normalized spacial score (nSPS) is 15.6. The number of aromatic nitrogens is 2. The van der Waals surface area contributed by atoms with Gasteiger partial charge in [0.1, 0.15) is 5.60 Å². The van der Waals surface area contributed by atoms with Gasteiger partial charge in [-0.2, -0.15) is 0 Å². The Bertz CT molecular complexity index is 827. The van der Waals surface area contributed by atoms with Gasteiger partial charge in [0.15, 0.2) is 17.2 Å². The van der Waals surface area contributed by atoms with Crippen molar-refractivity contribution in [1.82, 2.24) is 9.97 Å². The van der Waals surface area contributed by atoms with Gasteiger partial charge in [0, 0.05) is 31.3 Å². The average Bonchev–Trinajstić information content (AvgIpc) is 2.74. The van der Waals surface area contributed by atoms with Crippen molar-refractivity contribution in [3.63, 3.8) is 0 Å². The van der Waals surface area contributed by atoms with E-state index in [1.54, 1.807) is 12.1 Å². The highest BCUT2D eigenvalue weighted by Crippen LogP contribution is 2.41. The number of benzene rings is 1. The van der Waals surface area contributed by atoms with Crippen molar-refractivity contribution >= 4 is 32.9 Å². The van der Waals surface area contributed by atoms with Crippen LogP contribution in [-0.2, 0) is 10.1 Å². The van der Waals surface area contributed by atoms with E-state index in [-0.39, 0.29) is 5.69 Å². The summed E-state index contributed by atoms with van der Waals surface area (Å²) in [5.74, 6) is -0.0217. The van der Waals surface area contributed by atoms with E-state index in [1.807, 2.05) is 34.6 Å². The lowest BCUT2D eigenvalue weighted by Crippen LogP contribution is -2.29. The number of hydrogen-bond acceptors (Lipinski definition) is 6. The molecule has 3 rings (SSSR count). The fourth-order valence-corrected chi connectivity index (χ4v) is 2.78. The van der Waals surface area contributed by atoms with Crippen LogP contribution in [0.3, 0.4) is 0 Å². The van der Waals surface area contributed by atoms with Gasteiger partial charge in [0.25, 0.3) is 0 Å². The van der Waals surface area contributed by atoms with Gasteiger partial charge in [-0.05, 0) is 20.8 Å². The Morgan fingerprint density at radius 2 is 1.71 bits per heavy atom. The molecule has 0 unspecified atom stereocenters. The van der Waals surface area contributed by atoms with Crippen molar-refractivity contribution in [2.45, 2.75) is 51.3 Å². The predicted octanol–water partition coefficient (Wildman–Crippen LogP) is 3.99. The molecule has 0 atom stereocenters. The molecular weight excluding hydrogens is 376 g/mol. The second-order valence-electron chi connectivity index (χ2n) is 7.05. The van der Waals surface area contributed by atoms with E-state index < -0.39 is 17.4 Å². The molecule has 6 nitrogen and oxygen atoms in total. The zero-order valence-corrected chi connectivity index (χ0v) is 15.9. The summed E-state index contributed by atoms with van der Waals surface area (Å²) in [5, 5.41) is 0.393. The van der Waals surface area contributed by atoms with Gasteiger partial charge in [0.05, 0.1) is 16.7 Å². The van der Waals surface area contributed by atoms with Crippen LogP contribution < -0.4 is 9.47 Å². The van der Waals surface area contributed by atoms with Crippen LogP contribution in [0.5, 0.6) is 11.5 Å². The van der Waals surface area contributed by atoms with Gasteiger partial charge in [-0.15, -0.1) is 0 Å². The van der Waals surface area contributed by atoms with Crippen LogP contribution in [-0.4, -0.2) is 27.3 Å². The first-order valence-corrected chi connectivity index (χ1v) is 8.72. The standard InChI is InChI=1S/C17H19BrN2O4/c1-16(2,3)24-15(21)14-11(8-18)19-9-6-12-13(7-10(9)20-14)23-17(4,5)22-12/h6-7H,8H2,1-5H3. The van der Waals surface area contributed by atoms with E-state index in [4.69, 9.17) is 14.2 Å². The van der Waals surface area contributed by atoms with E-state index in [0.717, 1.165) is 0 Å². The number of rotatable bonds is 2. The molecule has 0 saturated carbocycles. The first kappa shape index (κ1) is 17.0. The molecule has 1 aromatic heterocycles.